The van der Waals surface area contributed by atoms with E-state index in [2.05, 4.69) is 20.4 Å². The molecule has 0 amide bonds. The Bertz CT molecular complexity index is 1130. The van der Waals surface area contributed by atoms with Gasteiger partial charge in [-0.1, -0.05) is 11.3 Å². The molecule has 0 unspecified atom stereocenters. The monoisotopic (exact) mass is 363 g/mol. The van der Waals surface area contributed by atoms with Crippen LogP contribution in [-0.4, -0.2) is 48.0 Å². The van der Waals surface area contributed by atoms with Crippen LogP contribution in [0.5, 0.6) is 11.5 Å². The number of nitrogens with zero attached hydrogens (tertiary/aromatic N) is 7. The summed E-state index contributed by atoms with van der Waals surface area (Å²) in [6.07, 6.45) is 3.53. The fraction of sp³-hybridized carbons (Fsp3) is 0.278. The highest BCUT2D eigenvalue weighted by Crippen LogP contribution is 2.33. The summed E-state index contributed by atoms with van der Waals surface area (Å²) in [5.41, 5.74) is 3.57. The molecule has 5 rings (SSSR count). The highest BCUT2D eigenvalue weighted by atomic mass is 16.6. The SMILES string of the molecule is C[C@@H](c1ccc2c(c1)OCCO2)n1nnc2ncc(-c3ccn(C)n3)nc21. The fourth-order valence-electron chi connectivity index (χ4n) is 3.13. The van der Waals surface area contributed by atoms with E-state index in [1.165, 1.54) is 0 Å². The van der Waals surface area contributed by atoms with Gasteiger partial charge < -0.3 is 9.47 Å². The maximum atomic E-state index is 5.69. The van der Waals surface area contributed by atoms with Gasteiger partial charge in [-0.25, -0.2) is 14.6 Å². The van der Waals surface area contributed by atoms with Crippen LogP contribution in [0, 0.1) is 0 Å². The predicted octanol–water partition coefficient (Wildman–Crippen LogP) is 2.00. The highest BCUT2D eigenvalue weighted by molar-refractivity contribution is 5.69. The van der Waals surface area contributed by atoms with E-state index in [1.807, 2.05) is 44.4 Å². The maximum Gasteiger partial charge on any atom is 0.221 e. The lowest BCUT2D eigenvalue weighted by Crippen LogP contribution is -2.16. The summed E-state index contributed by atoms with van der Waals surface area (Å²) in [5.74, 6) is 1.51. The van der Waals surface area contributed by atoms with Gasteiger partial charge in [-0.3, -0.25) is 4.68 Å². The largest absolute Gasteiger partial charge is 0.486 e. The summed E-state index contributed by atoms with van der Waals surface area (Å²) < 4.78 is 14.8. The zero-order valence-corrected chi connectivity index (χ0v) is 14.9. The zero-order chi connectivity index (χ0) is 18.4. The maximum absolute atomic E-state index is 5.69. The molecule has 27 heavy (non-hydrogen) atoms. The van der Waals surface area contributed by atoms with Gasteiger partial charge in [0.2, 0.25) is 5.65 Å². The summed E-state index contributed by atoms with van der Waals surface area (Å²) in [6.45, 7) is 3.16. The quantitative estimate of drug-likeness (QED) is 0.549. The molecule has 1 aromatic carbocycles. The van der Waals surface area contributed by atoms with Crippen LogP contribution in [0.15, 0.2) is 36.7 Å². The van der Waals surface area contributed by atoms with Crippen molar-refractivity contribution in [3.8, 4) is 22.9 Å². The second-order valence-electron chi connectivity index (χ2n) is 6.39. The Labute approximate surface area is 154 Å². The molecule has 4 heterocycles. The van der Waals surface area contributed by atoms with Crippen molar-refractivity contribution in [2.75, 3.05) is 13.2 Å². The number of hydrogen-bond donors (Lipinski definition) is 0. The van der Waals surface area contributed by atoms with Crippen molar-refractivity contribution in [2.24, 2.45) is 7.05 Å². The molecular weight excluding hydrogens is 346 g/mol. The third-order valence-electron chi connectivity index (χ3n) is 4.58. The van der Waals surface area contributed by atoms with E-state index in [0.29, 0.717) is 30.2 Å². The molecule has 0 saturated heterocycles. The summed E-state index contributed by atoms with van der Waals surface area (Å²) in [6, 6.07) is 7.70. The van der Waals surface area contributed by atoms with Crippen LogP contribution in [0.2, 0.25) is 0 Å². The number of benzene rings is 1. The number of hydrogen-bond acceptors (Lipinski definition) is 7. The molecule has 1 aliphatic heterocycles. The van der Waals surface area contributed by atoms with Crippen LogP contribution in [-0.2, 0) is 7.05 Å². The van der Waals surface area contributed by atoms with E-state index in [0.717, 1.165) is 22.8 Å². The lowest BCUT2D eigenvalue weighted by Gasteiger charge is -2.20. The fourth-order valence-corrected chi connectivity index (χ4v) is 3.13. The van der Waals surface area contributed by atoms with Gasteiger partial charge in [0.25, 0.3) is 0 Å². The number of rotatable bonds is 3. The lowest BCUT2D eigenvalue weighted by molar-refractivity contribution is 0.171. The van der Waals surface area contributed by atoms with Gasteiger partial charge >= 0.3 is 0 Å². The molecule has 0 radical (unpaired) electrons. The first-order valence-electron chi connectivity index (χ1n) is 8.66. The summed E-state index contributed by atoms with van der Waals surface area (Å²) in [4.78, 5) is 9.08. The minimum atomic E-state index is -0.0980. The zero-order valence-electron chi connectivity index (χ0n) is 14.9. The molecule has 0 fully saturated rings. The molecule has 9 heteroatoms. The summed E-state index contributed by atoms with van der Waals surface area (Å²) in [5, 5.41) is 12.8. The van der Waals surface area contributed by atoms with Crippen LogP contribution < -0.4 is 9.47 Å². The van der Waals surface area contributed by atoms with Crippen molar-refractivity contribution in [1.82, 2.24) is 34.7 Å². The molecular formula is C18H17N7O2. The number of aryl methyl sites for hydroxylation is 1. The molecule has 3 aromatic heterocycles. The molecule has 1 aliphatic rings. The molecule has 9 nitrogen and oxygen atoms in total. The van der Waals surface area contributed by atoms with Gasteiger partial charge in [-0.05, 0) is 30.7 Å². The first-order valence-corrected chi connectivity index (χ1v) is 8.66. The van der Waals surface area contributed by atoms with Gasteiger partial charge in [0, 0.05) is 13.2 Å². The average Bonchev–Trinajstić information content (AvgIpc) is 3.32. The first kappa shape index (κ1) is 15.7. The Morgan fingerprint density at radius 1 is 1.07 bits per heavy atom. The van der Waals surface area contributed by atoms with Crippen molar-refractivity contribution >= 4 is 11.3 Å². The van der Waals surface area contributed by atoms with Crippen LogP contribution in [0.4, 0.5) is 0 Å². The van der Waals surface area contributed by atoms with Gasteiger partial charge in [0.15, 0.2) is 17.1 Å². The molecule has 4 aromatic rings. The summed E-state index contributed by atoms with van der Waals surface area (Å²) >= 11 is 0. The summed E-state index contributed by atoms with van der Waals surface area (Å²) in [7, 11) is 1.87. The average molecular weight is 363 g/mol. The lowest BCUT2D eigenvalue weighted by atomic mass is 10.1. The molecule has 0 aliphatic carbocycles. The van der Waals surface area contributed by atoms with E-state index >= 15 is 0 Å². The molecule has 0 spiro atoms. The van der Waals surface area contributed by atoms with E-state index in [-0.39, 0.29) is 6.04 Å². The van der Waals surface area contributed by atoms with Crippen molar-refractivity contribution in [2.45, 2.75) is 13.0 Å². The van der Waals surface area contributed by atoms with Gasteiger partial charge in [0.05, 0.1) is 12.2 Å². The molecule has 136 valence electrons. The Morgan fingerprint density at radius 2 is 1.93 bits per heavy atom. The van der Waals surface area contributed by atoms with E-state index < -0.39 is 0 Å². The van der Waals surface area contributed by atoms with Crippen LogP contribution in [0.1, 0.15) is 18.5 Å². The predicted molar refractivity (Wildman–Crippen MR) is 96.6 cm³/mol. The van der Waals surface area contributed by atoms with Crippen molar-refractivity contribution in [3.63, 3.8) is 0 Å². The molecule has 1 atom stereocenters. The Hall–Kier alpha value is -3.49. The van der Waals surface area contributed by atoms with Crippen molar-refractivity contribution in [1.29, 1.82) is 0 Å². The molecule has 0 N–H and O–H groups in total. The Kier molecular flexibility index (Phi) is 3.52. The topological polar surface area (TPSA) is 92.8 Å². The number of fused-ring (bicyclic) bond motifs is 2. The van der Waals surface area contributed by atoms with Gasteiger partial charge in [-0.15, -0.1) is 5.10 Å². The second-order valence-corrected chi connectivity index (χ2v) is 6.39. The van der Waals surface area contributed by atoms with Gasteiger partial charge in [-0.2, -0.15) is 5.10 Å². The minimum absolute atomic E-state index is 0.0980. The van der Waals surface area contributed by atoms with Crippen LogP contribution in [0.25, 0.3) is 22.7 Å². The Morgan fingerprint density at radius 3 is 2.74 bits per heavy atom. The third kappa shape index (κ3) is 2.67. The molecule has 0 bridgehead atoms. The number of aromatic nitrogens is 7. The standard InChI is InChI=1S/C18H17N7O2/c1-11(12-3-4-15-16(9-12)27-8-7-26-15)25-18-17(21-23-25)19-10-14(20-18)13-5-6-24(2)22-13/h3-6,9-11H,7-8H2,1-2H3/t11-/m0/s1. The Balaban J connectivity index is 1.56. The van der Waals surface area contributed by atoms with Crippen LogP contribution in [0.3, 0.4) is 0 Å². The van der Waals surface area contributed by atoms with E-state index in [4.69, 9.17) is 14.5 Å². The van der Waals surface area contributed by atoms with Gasteiger partial charge in [0.1, 0.15) is 24.6 Å². The van der Waals surface area contributed by atoms with E-state index in [1.54, 1.807) is 15.6 Å². The van der Waals surface area contributed by atoms with Crippen molar-refractivity contribution in [3.05, 3.63) is 42.2 Å². The highest BCUT2D eigenvalue weighted by Gasteiger charge is 2.19. The normalized spacial score (nSPS) is 14.4. The second kappa shape index (κ2) is 6.04. The molecule has 0 saturated carbocycles. The van der Waals surface area contributed by atoms with E-state index in [9.17, 15) is 0 Å². The number of ether oxygens (including phenoxy) is 2. The van der Waals surface area contributed by atoms with Crippen molar-refractivity contribution < 1.29 is 9.47 Å². The van der Waals surface area contributed by atoms with Crippen LogP contribution >= 0.6 is 0 Å². The third-order valence-corrected chi connectivity index (χ3v) is 4.58. The minimum Gasteiger partial charge on any atom is -0.486 e. The smallest absolute Gasteiger partial charge is 0.221 e. The first-order chi connectivity index (χ1) is 13.2.